The highest BCUT2D eigenvalue weighted by molar-refractivity contribution is 8.13. The van der Waals surface area contributed by atoms with E-state index < -0.39 is 0 Å². The molecule has 0 aliphatic carbocycles. The molecule has 1 atom stereocenters. The van der Waals surface area contributed by atoms with Crippen LogP contribution in [-0.4, -0.2) is 11.7 Å². The fourth-order valence-electron chi connectivity index (χ4n) is 2.16. The number of halogens is 2. The zero-order chi connectivity index (χ0) is 14.7. The minimum Gasteiger partial charge on any atom is -0.356 e. The number of hydrogen-bond donors (Lipinski definition) is 1. The van der Waals surface area contributed by atoms with Gasteiger partial charge in [0, 0.05) is 5.75 Å². The van der Waals surface area contributed by atoms with Crippen molar-refractivity contribution in [3.05, 3.63) is 69.7 Å². The van der Waals surface area contributed by atoms with Crippen molar-refractivity contribution in [2.45, 2.75) is 11.8 Å². The van der Waals surface area contributed by atoms with Gasteiger partial charge >= 0.3 is 0 Å². The van der Waals surface area contributed by atoms with E-state index in [1.54, 1.807) is 11.8 Å². The Morgan fingerprint density at radius 1 is 1.10 bits per heavy atom. The molecule has 2 nitrogen and oxygen atoms in total. The number of aliphatic imine (C=N–C) groups is 1. The maximum atomic E-state index is 6.03. The molecule has 0 radical (unpaired) electrons. The Morgan fingerprint density at radius 3 is 2.67 bits per heavy atom. The van der Waals surface area contributed by atoms with E-state index in [0.717, 1.165) is 23.0 Å². The monoisotopic (exact) mass is 336 g/mol. The van der Waals surface area contributed by atoms with Crippen LogP contribution in [0.2, 0.25) is 10.0 Å². The molecule has 0 amide bonds. The van der Waals surface area contributed by atoms with Gasteiger partial charge in [-0.3, -0.25) is 4.99 Å². The van der Waals surface area contributed by atoms with Crippen LogP contribution in [0.1, 0.15) is 17.2 Å². The molecule has 21 heavy (non-hydrogen) atoms. The summed E-state index contributed by atoms with van der Waals surface area (Å²) in [5.41, 5.74) is 2.41. The maximum absolute atomic E-state index is 6.03. The van der Waals surface area contributed by atoms with Crippen LogP contribution < -0.4 is 5.32 Å². The summed E-state index contributed by atoms with van der Waals surface area (Å²) in [6.07, 6.45) is 0. The fraction of sp³-hybridized carbons (Fsp3) is 0.188. The Kier molecular flexibility index (Phi) is 4.73. The first-order valence-electron chi connectivity index (χ1n) is 6.65. The van der Waals surface area contributed by atoms with Gasteiger partial charge in [0.25, 0.3) is 0 Å². The van der Waals surface area contributed by atoms with Crippen molar-refractivity contribution in [1.82, 2.24) is 5.32 Å². The van der Waals surface area contributed by atoms with Gasteiger partial charge < -0.3 is 5.32 Å². The molecule has 2 aromatic rings. The standard InChI is InChI=1S/C16H14Cl2N2S/c17-13-7-6-11(8-14(13)18)10-21-16-19-9-15(20-16)12-4-2-1-3-5-12/h1-8,15H,9-10H2,(H,19,20)/t15-/m0/s1. The van der Waals surface area contributed by atoms with Gasteiger partial charge in [-0.05, 0) is 23.3 Å². The third kappa shape index (κ3) is 3.73. The van der Waals surface area contributed by atoms with Crippen molar-refractivity contribution in [1.29, 1.82) is 0 Å². The SMILES string of the molecule is Clc1ccc(CSC2=NC[C@@H](c3ccccc3)N2)cc1Cl. The number of amidine groups is 1. The number of benzene rings is 2. The Morgan fingerprint density at radius 2 is 1.90 bits per heavy atom. The summed E-state index contributed by atoms with van der Waals surface area (Å²) in [6.45, 7) is 0.785. The summed E-state index contributed by atoms with van der Waals surface area (Å²) >= 11 is 13.6. The number of hydrogen-bond acceptors (Lipinski definition) is 3. The second-order valence-corrected chi connectivity index (χ2v) is 6.57. The lowest BCUT2D eigenvalue weighted by molar-refractivity contribution is 0.712. The van der Waals surface area contributed by atoms with E-state index in [4.69, 9.17) is 23.2 Å². The van der Waals surface area contributed by atoms with E-state index in [-0.39, 0.29) is 6.04 Å². The van der Waals surface area contributed by atoms with Crippen LogP contribution in [0.4, 0.5) is 0 Å². The van der Waals surface area contributed by atoms with E-state index >= 15 is 0 Å². The Bertz CT molecular complexity index is 659. The minimum atomic E-state index is 0.280. The van der Waals surface area contributed by atoms with Gasteiger partial charge in [-0.1, -0.05) is 71.4 Å². The summed E-state index contributed by atoms with van der Waals surface area (Å²) in [6, 6.07) is 16.4. The molecule has 1 N–H and O–H groups in total. The average molecular weight is 337 g/mol. The summed E-state index contributed by atoms with van der Waals surface area (Å²) in [7, 11) is 0. The molecule has 0 fully saturated rings. The van der Waals surface area contributed by atoms with Gasteiger partial charge in [0.1, 0.15) is 0 Å². The number of rotatable bonds is 3. The predicted molar refractivity (Wildman–Crippen MR) is 92.4 cm³/mol. The zero-order valence-corrected chi connectivity index (χ0v) is 13.6. The van der Waals surface area contributed by atoms with Crippen molar-refractivity contribution < 1.29 is 0 Å². The summed E-state index contributed by atoms with van der Waals surface area (Å²) in [5.74, 6) is 0.824. The van der Waals surface area contributed by atoms with E-state index in [0.29, 0.717) is 10.0 Å². The highest BCUT2D eigenvalue weighted by Crippen LogP contribution is 2.26. The topological polar surface area (TPSA) is 24.4 Å². The quantitative estimate of drug-likeness (QED) is 0.859. The second-order valence-electron chi connectivity index (χ2n) is 4.79. The van der Waals surface area contributed by atoms with Gasteiger partial charge in [-0.15, -0.1) is 0 Å². The molecule has 0 aromatic heterocycles. The predicted octanol–water partition coefficient (Wildman–Crippen LogP) is 4.93. The molecule has 0 bridgehead atoms. The molecule has 1 aliphatic heterocycles. The molecular weight excluding hydrogens is 323 g/mol. The summed E-state index contributed by atoms with van der Waals surface area (Å²) in [4.78, 5) is 4.56. The van der Waals surface area contributed by atoms with Crippen LogP contribution in [0.25, 0.3) is 0 Å². The average Bonchev–Trinajstić information content (AvgIpc) is 2.98. The zero-order valence-electron chi connectivity index (χ0n) is 11.2. The van der Waals surface area contributed by atoms with Gasteiger partial charge in [0.15, 0.2) is 5.17 Å². The lowest BCUT2D eigenvalue weighted by Gasteiger charge is -2.11. The molecule has 1 aliphatic rings. The third-order valence-corrected chi connectivity index (χ3v) is 5.01. The lowest BCUT2D eigenvalue weighted by atomic mass is 10.1. The van der Waals surface area contributed by atoms with Crippen LogP contribution in [0.15, 0.2) is 53.5 Å². The van der Waals surface area contributed by atoms with Crippen molar-refractivity contribution in [3.8, 4) is 0 Å². The van der Waals surface area contributed by atoms with Crippen molar-refractivity contribution in [2.75, 3.05) is 6.54 Å². The summed E-state index contributed by atoms with van der Waals surface area (Å²) < 4.78 is 0. The third-order valence-electron chi connectivity index (χ3n) is 3.28. The van der Waals surface area contributed by atoms with Gasteiger partial charge in [0.05, 0.1) is 22.6 Å². The van der Waals surface area contributed by atoms with Crippen LogP contribution in [0.5, 0.6) is 0 Å². The van der Waals surface area contributed by atoms with Crippen molar-refractivity contribution in [3.63, 3.8) is 0 Å². The summed E-state index contributed by atoms with van der Waals surface area (Å²) in [5, 5.41) is 5.62. The molecule has 108 valence electrons. The minimum absolute atomic E-state index is 0.280. The molecule has 2 aromatic carbocycles. The van der Waals surface area contributed by atoms with Crippen molar-refractivity contribution in [2.24, 2.45) is 4.99 Å². The Hall–Kier alpha value is -1.16. The Balaban J connectivity index is 1.56. The van der Waals surface area contributed by atoms with E-state index in [1.165, 1.54) is 5.56 Å². The smallest absolute Gasteiger partial charge is 0.157 e. The Labute approximate surface area is 138 Å². The molecule has 0 spiro atoms. The van der Waals surface area contributed by atoms with Crippen LogP contribution in [-0.2, 0) is 5.75 Å². The van der Waals surface area contributed by atoms with E-state index in [9.17, 15) is 0 Å². The maximum Gasteiger partial charge on any atom is 0.157 e. The molecule has 0 saturated heterocycles. The van der Waals surface area contributed by atoms with E-state index in [2.05, 4.69) is 34.6 Å². The van der Waals surface area contributed by atoms with Gasteiger partial charge in [-0.25, -0.2) is 0 Å². The number of thioether (sulfide) groups is 1. The molecule has 1 heterocycles. The highest BCUT2D eigenvalue weighted by Gasteiger charge is 2.19. The first-order valence-corrected chi connectivity index (χ1v) is 8.39. The number of nitrogens with zero attached hydrogens (tertiary/aromatic N) is 1. The largest absolute Gasteiger partial charge is 0.356 e. The number of nitrogens with one attached hydrogen (secondary N) is 1. The fourth-order valence-corrected chi connectivity index (χ4v) is 3.35. The normalized spacial score (nSPS) is 17.4. The molecular formula is C16H14Cl2N2S. The van der Waals surface area contributed by atoms with Crippen LogP contribution >= 0.6 is 35.0 Å². The molecule has 0 unspecified atom stereocenters. The van der Waals surface area contributed by atoms with Gasteiger partial charge in [-0.2, -0.15) is 0 Å². The molecule has 3 rings (SSSR count). The van der Waals surface area contributed by atoms with Crippen LogP contribution in [0, 0.1) is 0 Å². The van der Waals surface area contributed by atoms with Crippen LogP contribution in [0.3, 0.4) is 0 Å². The molecule has 0 saturated carbocycles. The van der Waals surface area contributed by atoms with Gasteiger partial charge in [0.2, 0.25) is 0 Å². The molecule has 5 heteroatoms. The highest BCUT2D eigenvalue weighted by atomic mass is 35.5. The lowest BCUT2D eigenvalue weighted by Crippen LogP contribution is -2.20. The first kappa shape index (κ1) is 14.8. The van der Waals surface area contributed by atoms with E-state index in [1.807, 2.05) is 24.3 Å². The first-order chi connectivity index (χ1) is 10.2. The second kappa shape index (κ2) is 6.73. The van der Waals surface area contributed by atoms with Crippen molar-refractivity contribution >= 4 is 40.1 Å².